The van der Waals surface area contributed by atoms with Crippen molar-refractivity contribution in [2.75, 3.05) is 0 Å². The van der Waals surface area contributed by atoms with Crippen LogP contribution in [0.15, 0.2) is 0 Å². The molecule has 0 saturated carbocycles. The van der Waals surface area contributed by atoms with Gasteiger partial charge in [0.1, 0.15) is 11.3 Å². The molecule has 1 aromatic carbocycles. The van der Waals surface area contributed by atoms with Crippen LogP contribution in [0.5, 0.6) is 11.5 Å². The summed E-state index contributed by atoms with van der Waals surface area (Å²) in [5.74, 6) is -2.64. The molecule has 1 aliphatic heterocycles. The molecule has 3 N–H and O–H groups in total. The number of ether oxygens (including phenoxy) is 1. The maximum atomic E-state index is 11.0. The molecule has 1 aliphatic rings. The van der Waals surface area contributed by atoms with E-state index in [0.29, 0.717) is 11.1 Å². The molecule has 0 bridgehead atoms. The van der Waals surface area contributed by atoms with Gasteiger partial charge in [-0.15, -0.1) is 0 Å². The highest BCUT2D eigenvalue weighted by molar-refractivity contribution is 6.33. The Balaban J connectivity index is 2.77. The molecule has 1 aromatic rings. The minimum Gasteiger partial charge on any atom is -0.507 e. The summed E-state index contributed by atoms with van der Waals surface area (Å²) in [5.41, 5.74) is 0.306. The fraction of sp³-hybridized carbons (Fsp3) is 0.417. The first-order chi connectivity index (χ1) is 8.36. The van der Waals surface area contributed by atoms with Crippen LogP contribution in [0.1, 0.15) is 41.3 Å². The van der Waals surface area contributed by atoms with Crippen LogP contribution in [-0.4, -0.2) is 27.4 Å². The molecule has 6 heteroatoms. The summed E-state index contributed by atoms with van der Waals surface area (Å²) < 4.78 is 5.43. The van der Waals surface area contributed by atoms with E-state index in [-0.39, 0.29) is 23.7 Å². The summed E-state index contributed by atoms with van der Waals surface area (Å²) in [6, 6.07) is 0. The molecule has 0 aromatic heterocycles. The Morgan fingerprint density at radius 3 is 2.50 bits per heavy atom. The molecule has 0 amide bonds. The van der Waals surface area contributed by atoms with Crippen LogP contribution >= 0.6 is 11.6 Å². The maximum absolute atomic E-state index is 11.0. The van der Waals surface area contributed by atoms with Crippen molar-refractivity contribution in [2.45, 2.75) is 32.5 Å². The Labute approximate surface area is 109 Å². The molecule has 2 unspecified atom stereocenters. The van der Waals surface area contributed by atoms with E-state index >= 15 is 0 Å². The first-order valence-corrected chi connectivity index (χ1v) is 5.85. The summed E-state index contributed by atoms with van der Waals surface area (Å²) >= 11 is 6.01. The number of fused-ring (bicyclic) bond motifs is 1. The third kappa shape index (κ3) is 1.71. The minimum atomic E-state index is -1.43. The lowest BCUT2D eigenvalue weighted by Crippen LogP contribution is -2.24. The van der Waals surface area contributed by atoms with Crippen LogP contribution in [0.2, 0.25) is 5.02 Å². The van der Waals surface area contributed by atoms with E-state index in [4.69, 9.17) is 21.4 Å². The van der Waals surface area contributed by atoms with Gasteiger partial charge in [0.2, 0.25) is 0 Å². The second-order valence-corrected chi connectivity index (χ2v) is 4.77. The molecule has 98 valence electrons. The fourth-order valence-corrected chi connectivity index (χ4v) is 2.56. The Bertz CT molecular complexity index is 526. The second kappa shape index (κ2) is 4.33. The van der Waals surface area contributed by atoms with Crippen LogP contribution < -0.4 is 0 Å². The van der Waals surface area contributed by atoms with Crippen molar-refractivity contribution < 1.29 is 24.9 Å². The summed E-state index contributed by atoms with van der Waals surface area (Å²) in [6.07, 6.45) is -0.121. The van der Waals surface area contributed by atoms with Crippen LogP contribution in [0.25, 0.3) is 0 Å². The number of carboxylic acid groups (broad SMARTS) is 1. The zero-order valence-corrected chi connectivity index (χ0v) is 10.7. The molecule has 0 spiro atoms. The summed E-state index contributed by atoms with van der Waals surface area (Å²) in [6.45, 7) is 3.77. The standard InChI is InChI=1S/C12H13ClO5/c1-4-5(2)18-3-6-7(4)9(13)11(15)8(10(6)14)12(16)17/h4-5,14-15H,3H2,1-2H3,(H,16,17). The number of benzene rings is 1. The number of aromatic hydroxyl groups is 2. The molecule has 2 atom stereocenters. The second-order valence-electron chi connectivity index (χ2n) is 4.39. The van der Waals surface area contributed by atoms with Crippen molar-refractivity contribution in [1.29, 1.82) is 0 Å². The highest BCUT2D eigenvalue weighted by Gasteiger charge is 2.33. The van der Waals surface area contributed by atoms with Gasteiger partial charge in [0.15, 0.2) is 5.75 Å². The predicted molar refractivity (Wildman–Crippen MR) is 64.4 cm³/mol. The number of aromatic carboxylic acids is 1. The van der Waals surface area contributed by atoms with E-state index in [2.05, 4.69) is 0 Å². The van der Waals surface area contributed by atoms with Crippen LogP contribution in [0.3, 0.4) is 0 Å². The lowest BCUT2D eigenvalue weighted by molar-refractivity contribution is 0.0227. The zero-order chi connectivity index (χ0) is 13.6. The Hall–Kier alpha value is -1.46. The van der Waals surface area contributed by atoms with Crippen LogP contribution in [0.4, 0.5) is 0 Å². The SMILES string of the molecule is CC1OCc2c(O)c(C(=O)O)c(O)c(Cl)c2C1C. The van der Waals surface area contributed by atoms with Crippen molar-refractivity contribution in [1.82, 2.24) is 0 Å². The summed E-state index contributed by atoms with van der Waals surface area (Å²) in [4.78, 5) is 11.0. The predicted octanol–water partition coefficient (Wildman–Crippen LogP) is 2.47. The Morgan fingerprint density at radius 2 is 1.94 bits per heavy atom. The minimum absolute atomic E-state index is 0.0251. The number of hydrogen-bond donors (Lipinski definition) is 3. The fourth-order valence-electron chi connectivity index (χ4n) is 2.18. The van der Waals surface area contributed by atoms with Gasteiger partial charge in [-0.2, -0.15) is 0 Å². The number of carboxylic acids is 1. The number of phenols is 2. The number of hydrogen-bond acceptors (Lipinski definition) is 4. The van der Waals surface area contributed by atoms with Gasteiger partial charge < -0.3 is 20.1 Å². The third-order valence-corrected chi connectivity index (χ3v) is 3.78. The number of halogens is 1. The van der Waals surface area contributed by atoms with Gasteiger partial charge in [-0.1, -0.05) is 18.5 Å². The molecule has 1 heterocycles. The molecule has 5 nitrogen and oxygen atoms in total. The third-order valence-electron chi connectivity index (χ3n) is 3.39. The summed E-state index contributed by atoms with van der Waals surface area (Å²) in [5, 5.41) is 28.7. The van der Waals surface area contributed by atoms with E-state index in [0.717, 1.165) is 0 Å². The molecule has 0 fully saturated rings. The number of carbonyl (C=O) groups is 1. The van der Waals surface area contributed by atoms with Crippen molar-refractivity contribution >= 4 is 17.6 Å². The van der Waals surface area contributed by atoms with Crippen molar-refractivity contribution in [3.05, 3.63) is 21.7 Å². The van der Waals surface area contributed by atoms with Gasteiger partial charge in [-0.25, -0.2) is 4.79 Å². The zero-order valence-electron chi connectivity index (χ0n) is 9.90. The van der Waals surface area contributed by atoms with E-state index in [1.807, 2.05) is 13.8 Å². The highest BCUT2D eigenvalue weighted by Crippen LogP contribution is 2.47. The van der Waals surface area contributed by atoms with Gasteiger partial charge >= 0.3 is 5.97 Å². The van der Waals surface area contributed by atoms with Gasteiger partial charge in [0.05, 0.1) is 17.7 Å². The lowest BCUT2D eigenvalue weighted by atomic mass is 9.87. The normalized spacial score (nSPS) is 22.6. The van der Waals surface area contributed by atoms with Gasteiger partial charge in [-0.3, -0.25) is 0 Å². The molecule has 0 aliphatic carbocycles. The van der Waals surface area contributed by atoms with E-state index in [1.165, 1.54) is 0 Å². The van der Waals surface area contributed by atoms with E-state index < -0.39 is 23.0 Å². The molecule has 0 radical (unpaired) electrons. The van der Waals surface area contributed by atoms with E-state index in [1.54, 1.807) is 0 Å². The highest BCUT2D eigenvalue weighted by atomic mass is 35.5. The van der Waals surface area contributed by atoms with Gasteiger partial charge in [0.25, 0.3) is 0 Å². The van der Waals surface area contributed by atoms with Gasteiger partial charge in [-0.05, 0) is 12.5 Å². The smallest absolute Gasteiger partial charge is 0.343 e. The quantitative estimate of drug-likeness (QED) is 0.731. The topological polar surface area (TPSA) is 87.0 Å². The van der Waals surface area contributed by atoms with Crippen molar-refractivity contribution in [3.63, 3.8) is 0 Å². The average molecular weight is 273 g/mol. The maximum Gasteiger partial charge on any atom is 0.343 e. The molecule has 0 saturated heterocycles. The summed E-state index contributed by atoms with van der Waals surface area (Å²) in [7, 11) is 0. The Kier molecular flexibility index (Phi) is 3.12. The van der Waals surface area contributed by atoms with E-state index in [9.17, 15) is 15.0 Å². The van der Waals surface area contributed by atoms with Crippen molar-refractivity contribution in [2.24, 2.45) is 0 Å². The molecule has 18 heavy (non-hydrogen) atoms. The molecule has 2 rings (SSSR count). The lowest BCUT2D eigenvalue weighted by Gasteiger charge is -2.31. The van der Waals surface area contributed by atoms with Crippen LogP contribution in [0, 0.1) is 0 Å². The average Bonchev–Trinajstić information content (AvgIpc) is 2.29. The molecular weight excluding hydrogens is 260 g/mol. The largest absolute Gasteiger partial charge is 0.507 e. The molecular formula is C12H13ClO5. The number of rotatable bonds is 1. The monoisotopic (exact) mass is 272 g/mol. The first-order valence-electron chi connectivity index (χ1n) is 5.47. The van der Waals surface area contributed by atoms with Crippen LogP contribution in [-0.2, 0) is 11.3 Å². The Morgan fingerprint density at radius 1 is 1.33 bits per heavy atom. The van der Waals surface area contributed by atoms with Gasteiger partial charge in [0, 0.05) is 11.5 Å². The van der Waals surface area contributed by atoms with Crippen molar-refractivity contribution in [3.8, 4) is 11.5 Å². The first kappa shape index (κ1) is 13.0.